The first-order chi connectivity index (χ1) is 8.15. The lowest BCUT2D eigenvalue weighted by atomic mass is 10.1. The Hall–Kier alpha value is -2.22. The summed E-state index contributed by atoms with van der Waals surface area (Å²) in [5, 5.41) is 11.4. The van der Waals surface area contributed by atoms with E-state index in [1.807, 2.05) is 11.9 Å². The molecule has 1 aliphatic heterocycles. The molecule has 1 aromatic carbocycles. The molecule has 1 N–H and O–H groups in total. The number of amides is 1. The third kappa shape index (κ3) is 2.02. The fourth-order valence-corrected chi connectivity index (χ4v) is 1.82. The number of fused-ring (bicyclic) bond motifs is 1. The van der Waals surface area contributed by atoms with Crippen molar-refractivity contribution in [2.75, 3.05) is 25.5 Å². The number of ether oxygens (including phenoxy) is 1. The van der Waals surface area contributed by atoms with Gasteiger partial charge in [0, 0.05) is 14.1 Å². The zero-order valence-electron chi connectivity index (χ0n) is 9.73. The van der Waals surface area contributed by atoms with Crippen molar-refractivity contribution in [1.29, 1.82) is 5.26 Å². The third-order valence-electron chi connectivity index (χ3n) is 2.75. The van der Waals surface area contributed by atoms with Crippen LogP contribution in [0.2, 0.25) is 0 Å². The SMILES string of the molecule is CNC(=O)C1CN(C)c2cc(C#N)ccc2O1. The molecule has 1 amide bonds. The van der Waals surface area contributed by atoms with Crippen molar-refractivity contribution >= 4 is 11.6 Å². The minimum absolute atomic E-state index is 0.146. The molecule has 1 heterocycles. The van der Waals surface area contributed by atoms with Gasteiger partial charge in [-0.1, -0.05) is 0 Å². The number of carbonyl (C=O) groups is 1. The van der Waals surface area contributed by atoms with E-state index in [4.69, 9.17) is 10.00 Å². The summed E-state index contributed by atoms with van der Waals surface area (Å²) in [5.74, 6) is 0.484. The molecule has 0 spiro atoms. The molecule has 5 nitrogen and oxygen atoms in total. The molecule has 1 atom stereocenters. The van der Waals surface area contributed by atoms with Gasteiger partial charge in [-0.3, -0.25) is 4.79 Å². The summed E-state index contributed by atoms with van der Waals surface area (Å²) in [6.45, 7) is 0.474. The van der Waals surface area contributed by atoms with Crippen LogP contribution < -0.4 is 15.0 Å². The Bertz CT molecular complexity index is 493. The molecule has 0 fully saturated rings. The highest BCUT2D eigenvalue weighted by atomic mass is 16.5. The van der Waals surface area contributed by atoms with Crippen LogP contribution in [0.1, 0.15) is 5.56 Å². The number of nitrogens with zero attached hydrogens (tertiary/aromatic N) is 2. The normalized spacial score (nSPS) is 17.7. The summed E-state index contributed by atoms with van der Waals surface area (Å²) in [6.07, 6.45) is -0.509. The average Bonchev–Trinajstić information content (AvgIpc) is 2.37. The zero-order chi connectivity index (χ0) is 12.4. The van der Waals surface area contributed by atoms with Gasteiger partial charge in [-0.05, 0) is 18.2 Å². The van der Waals surface area contributed by atoms with Crippen LogP contribution in [0.15, 0.2) is 18.2 Å². The fraction of sp³-hybridized carbons (Fsp3) is 0.333. The molecule has 0 aliphatic carbocycles. The number of hydrogen-bond acceptors (Lipinski definition) is 4. The molecular weight excluding hydrogens is 218 g/mol. The van der Waals surface area contributed by atoms with Gasteiger partial charge in [-0.15, -0.1) is 0 Å². The number of nitriles is 1. The smallest absolute Gasteiger partial charge is 0.262 e. The predicted molar refractivity (Wildman–Crippen MR) is 62.9 cm³/mol. The van der Waals surface area contributed by atoms with Gasteiger partial charge in [0.25, 0.3) is 5.91 Å². The van der Waals surface area contributed by atoms with Crippen LogP contribution in [-0.2, 0) is 4.79 Å². The molecule has 1 unspecified atom stereocenters. The van der Waals surface area contributed by atoms with Gasteiger partial charge < -0.3 is 15.0 Å². The van der Waals surface area contributed by atoms with E-state index in [0.717, 1.165) is 5.69 Å². The van der Waals surface area contributed by atoms with Crippen molar-refractivity contribution in [2.24, 2.45) is 0 Å². The predicted octanol–water partition coefficient (Wildman–Crippen LogP) is 0.501. The number of carbonyl (C=O) groups excluding carboxylic acids is 1. The van der Waals surface area contributed by atoms with E-state index in [2.05, 4.69) is 11.4 Å². The second-order valence-electron chi connectivity index (χ2n) is 3.90. The molecule has 0 aromatic heterocycles. The maximum atomic E-state index is 11.5. The first-order valence-corrected chi connectivity index (χ1v) is 5.29. The highest BCUT2D eigenvalue weighted by Gasteiger charge is 2.28. The molecule has 88 valence electrons. The number of nitrogens with one attached hydrogen (secondary N) is 1. The van der Waals surface area contributed by atoms with E-state index in [1.54, 1.807) is 25.2 Å². The van der Waals surface area contributed by atoms with Crippen molar-refractivity contribution in [1.82, 2.24) is 5.32 Å². The third-order valence-corrected chi connectivity index (χ3v) is 2.75. The monoisotopic (exact) mass is 231 g/mol. The number of benzene rings is 1. The van der Waals surface area contributed by atoms with Gasteiger partial charge in [-0.2, -0.15) is 5.26 Å². The van der Waals surface area contributed by atoms with E-state index in [-0.39, 0.29) is 5.91 Å². The molecule has 1 aliphatic rings. The Labute approximate surface area is 99.6 Å². The van der Waals surface area contributed by atoms with Gasteiger partial charge in [0.15, 0.2) is 6.10 Å². The Morgan fingerprint density at radius 2 is 2.41 bits per heavy atom. The standard InChI is InChI=1S/C12H13N3O2/c1-14-12(16)11-7-15(2)9-5-8(6-13)3-4-10(9)17-11/h3-5,11H,7H2,1-2H3,(H,14,16). The van der Waals surface area contributed by atoms with Gasteiger partial charge in [0.2, 0.25) is 0 Å². The Morgan fingerprint density at radius 1 is 1.65 bits per heavy atom. The minimum atomic E-state index is -0.509. The van der Waals surface area contributed by atoms with Crippen LogP contribution in [0.25, 0.3) is 0 Å². The topological polar surface area (TPSA) is 65.4 Å². The van der Waals surface area contributed by atoms with Crippen LogP contribution in [0.3, 0.4) is 0 Å². The Kier molecular flexibility index (Phi) is 2.88. The van der Waals surface area contributed by atoms with Crippen molar-refractivity contribution in [3.05, 3.63) is 23.8 Å². The first kappa shape index (κ1) is 11.3. The fourth-order valence-electron chi connectivity index (χ4n) is 1.82. The van der Waals surface area contributed by atoms with Crippen LogP contribution >= 0.6 is 0 Å². The average molecular weight is 231 g/mol. The van der Waals surface area contributed by atoms with Crippen molar-refractivity contribution in [3.8, 4) is 11.8 Å². The van der Waals surface area contributed by atoms with E-state index in [1.165, 1.54) is 0 Å². The lowest BCUT2D eigenvalue weighted by Crippen LogP contribution is -2.46. The Morgan fingerprint density at radius 3 is 3.06 bits per heavy atom. The van der Waals surface area contributed by atoms with Gasteiger partial charge in [-0.25, -0.2) is 0 Å². The molecule has 0 saturated carbocycles. The van der Waals surface area contributed by atoms with Gasteiger partial charge in [0.05, 0.1) is 23.9 Å². The summed E-state index contributed by atoms with van der Waals surface area (Å²) in [7, 11) is 3.46. The van der Waals surface area contributed by atoms with Crippen LogP contribution in [0, 0.1) is 11.3 Å². The van der Waals surface area contributed by atoms with Crippen molar-refractivity contribution in [2.45, 2.75) is 6.10 Å². The highest BCUT2D eigenvalue weighted by Crippen LogP contribution is 2.33. The molecule has 2 rings (SSSR count). The number of hydrogen-bond donors (Lipinski definition) is 1. The molecule has 0 saturated heterocycles. The maximum absolute atomic E-state index is 11.5. The van der Waals surface area contributed by atoms with Gasteiger partial charge in [0.1, 0.15) is 5.75 Å². The molecule has 17 heavy (non-hydrogen) atoms. The van der Waals surface area contributed by atoms with Crippen molar-refractivity contribution < 1.29 is 9.53 Å². The van der Waals surface area contributed by atoms with E-state index in [0.29, 0.717) is 17.9 Å². The van der Waals surface area contributed by atoms with E-state index >= 15 is 0 Å². The summed E-state index contributed by atoms with van der Waals surface area (Å²) in [6, 6.07) is 7.24. The molecular formula is C12H13N3O2. The molecule has 1 aromatic rings. The largest absolute Gasteiger partial charge is 0.477 e. The number of rotatable bonds is 1. The first-order valence-electron chi connectivity index (χ1n) is 5.29. The number of likely N-dealkylation sites (N-methyl/N-ethyl adjacent to an activating group) is 2. The molecule has 5 heteroatoms. The van der Waals surface area contributed by atoms with Crippen LogP contribution in [0.4, 0.5) is 5.69 Å². The van der Waals surface area contributed by atoms with Crippen LogP contribution in [-0.4, -0.2) is 32.7 Å². The van der Waals surface area contributed by atoms with Gasteiger partial charge >= 0.3 is 0 Å². The summed E-state index contributed by atoms with van der Waals surface area (Å²) in [5.41, 5.74) is 1.42. The zero-order valence-corrected chi connectivity index (χ0v) is 9.73. The van der Waals surface area contributed by atoms with E-state index < -0.39 is 6.10 Å². The minimum Gasteiger partial charge on any atom is -0.477 e. The summed E-state index contributed by atoms with van der Waals surface area (Å²) >= 11 is 0. The summed E-state index contributed by atoms with van der Waals surface area (Å²) < 4.78 is 5.59. The van der Waals surface area contributed by atoms with Crippen LogP contribution in [0.5, 0.6) is 5.75 Å². The van der Waals surface area contributed by atoms with Crippen molar-refractivity contribution in [3.63, 3.8) is 0 Å². The van der Waals surface area contributed by atoms with E-state index in [9.17, 15) is 4.79 Å². The summed E-state index contributed by atoms with van der Waals surface area (Å²) in [4.78, 5) is 13.4. The maximum Gasteiger partial charge on any atom is 0.262 e. The molecule has 0 bridgehead atoms. The Balaban J connectivity index is 2.32. The second kappa shape index (κ2) is 4.34. The second-order valence-corrected chi connectivity index (χ2v) is 3.90. The lowest BCUT2D eigenvalue weighted by Gasteiger charge is -2.32. The quantitative estimate of drug-likeness (QED) is 0.764. The number of anilines is 1. The lowest BCUT2D eigenvalue weighted by molar-refractivity contribution is -0.127. The molecule has 0 radical (unpaired) electrons. The highest BCUT2D eigenvalue weighted by molar-refractivity contribution is 5.83.